The van der Waals surface area contributed by atoms with Gasteiger partial charge in [0, 0.05) is 27.3 Å². The first-order valence-corrected chi connectivity index (χ1v) is 8.68. The molecule has 0 bridgehead atoms. The number of non-ortho nitro benzene ring substituents is 1. The molecule has 116 valence electrons. The summed E-state index contributed by atoms with van der Waals surface area (Å²) < 4.78 is 1.25. The number of nitro groups is 1. The van der Waals surface area contributed by atoms with Gasteiger partial charge < -0.3 is 5.32 Å². The number of allylic oxidation sites excluding steroid dienone is 2. The molecule has 5 heteroatoms. The summed E-state index contributed by atoms with van der Waals surface area (Å²) in [5, 5.41) is 14.5. The molecule has 1 heterocycles. The summed E-state index contributed by atoms with van der Waals surface area (Å²) in [7, 11) is 0. The summed E-state index contributed by atoms with van der Waals surface area (Å²) >= 11 is 2.35. The highest BCUT2D eigenvalue weighted by Crippen LogP contribution is 2.50. The van der Waals surface area contributed by atoms with E-state index >= 15 is 0 Å². The van der Waals surface area contributed by atoms with Crippen LogP contribution in [0.1, 0.15) is 29.5 Å². The van der Waals surface area contributed by atoms with E-state index in [1.54, 1.807) is 12.1 Å². The van der Waals surface area contributed by atoms with Crippen molar-refractivity contribution in [3.8, 4) is 0 Å². The Bertz CT molecular complexity index is 801. The van der Waals surface area contributed by atoms with Crippen LogP contribution in [-0.4, -0.2) is 4.92 Å². The van der Waals surface area contributed by atoms with Gasteiger partial charge in [-0.2, -0.15) is 0 Å². The molecule has 0 amide bonds. The number of nitro benzene ring substituents is 1. The molecule has 0 aromatic heterocycles. The monoisotopic (exact) mass is 418 g/mol. The predicted octanol–water partition coefficient (Wildman–Crippen LogP) is 5.03. The lowest BCUT2D eigenvalue weighted by Gasteiger charge is -2.37. The average molecular weight is 418 g/mol. The first kappa shape index (κ1) is 14.7. The second-order valence-electron chi connectivity index (χ2n) is 6.06. The number of nitrogens with zero attached hydrogens (tertiary/aromatic N) is 1. The van der Waals surface area contributed by atoms with E-state index < -0.39 is 0 Å². The number of hydrogen-bond donors (Lipinski definition) is 1. The summed E-state index contributed by atoms with van der Waals surface area (Å²) in [6, 6.07) is 13.6. The zero-order valence-corrected chi connectivity index (χ0v) is 14.4. The van der Waals surface area contributed by atoms with Crippen LogP contribution < -0.4 is 5.32 Å². The topological polar surface area (TPSA) is 55.2 Å². The van der Waals surface area contributed by atoms with Gasteiger partial charge in [0.15, 0.2) is 0 Å². The molecule has 3 atom stereocenters. The predicted molar refractivity (Wildman–Crippen MR) is 98.6 cm³/mol. The Hall–Kier alpha value is -1.89. The largest absolute Gasteiger partial charge is 0.378 e. The summed E-state index contributed by atoms with van der Waals surface area (Å²) in [6.07, 6.45) is 5.59. The van der Waals surface area contributed by atoms with Gasteiger partial charge in [0.05, 0.1) is 11.0 Å². The van der Waals surface area contributed by atoms with E-state index in [1.807, 2.05) is 12.1 Å². The summed E-state index contributed by atoms with van der Waals surface area (Å²) in [5.74, 6) is 0.878. The molecule has 0 saturated heterocycles. The maximum absolute atomic E-state index is 10.8. The minimum absolute atomic E-state index is 0.139. The van der Waals surface area contributed by atoms with Crippen molar-refractivity contribution in [2.75, 3.05) is 5.32 Å². The van der Waals surface area contributed by atoms with Gasteiger partial charge in [-0.15, -0.1) is 0 Å². The van der Waals surface area contributed by atoms with Crippen LogP contribution >= 0.6 is 22.6 Å². The van der Waals surface area contributed by atoms with E-state index in [1.165, 1.54) is 14.8 Å². The molecule has 0 radical (unpaired) electrons. The van der Waals surface area contributed by atoms with E-state index in [0.717, 1.165) is 12.0 Å². The van der Waals surface area contributed by atoms with Gasteiger partial charge in [-0.25, -0.2) is 0 Å². The maximum Gasteiger partial charge on any atom is 0.269 e. The zero-order valence-electron chi connectivity index (χ0n) is 12.3. The smallest absolute Gasteiger partial charge is 0.269 e. The lowest BCUT2D eigenvalue weighted by Crippen LogP contribution is -2.29. The van der Waals surface area contributed by atoms with Gasteiger partial charge in [0.1, 0.15) is 0 Å². The molecule has 4 rings (SSSR count). The molecule has 2 aromatic carbocycles. The van der Waals surface area contributed by atoms with Gasteiger partial charge in [0.2, 0.25) is 0 Å². The van der Waals surface area contributed by atoms with E-state index in [0.29, 0.717) is 11.8 Å². The Balaban J connectivity index is 1.73. The van der Waals surface area contributed by atoms with Gasteiger partial charge in [-0.05, 0) is 64.3 Å². The van der Waals surface area contributed by atoms with E-state index in [2.05, 4.69) is 58.3 Å². The van der Waals surface area contributed by atoms with E-state index in [9.17, 15) is 10.1 Å². The number of benzene rings is 2. The molecule has 1 N–H and O–H groups in total. The van der Waals surface area contributed by atoms with Crippen LogP contribution in [0.15, 0.2) is 54.6 Å². The van der Waals surface area contributed by atoms with Crippen LogP contribution in [-0.2, 0) is 0 Å². The molecule has 0 fully saturated rings. The van der Waals surface area contributed by atoms with Crippen molar-refractivity contribution >= 4 is 34.0 Å². The number of fused-ring (bicyclic) bond motifs is 3. The van der Waals surface area contributed by atoms with Crippen molar-refractivity contribution in [1.82, 2.24) is 0 Å². The molecule has 0 spiro atoms. The van der Waals surface area contributed by atoms with E-state index in [4.69, 9.17) is 0 Å². The van der Waals surface area contributed by atoms with Crippen molar-refractivity contribution in [2.24, 2.45) is 5.92 Å². The third-order valence-corrected chi connectivity index (χ3v) is 5.46. The molecule has 0 saturated carbocycles. The molecule has 0 unspecified atom stereocenters. The van der Waals surface area contributed by atoms with Crippen molar-refractivity contribution in [2.45, 2.75) is 18.4 Å². The Kier molecular flexibility index (Phi) is 3.60. The maximum atomic E-state index is 10.8. The minimum atomic E-state index is -0.352. The van der Waals surface area contributed by atoms with Crippen LogP contribution in [0.4, 0.5) is 11.4 Å². The fraction of sp³-hybridized carbons (Fsp3) is 0.222. The normalized spacial score (nSPS) is 24.7. The van der Waals surface area contributed by atoms with Crippen LogP contribution in [0, 0.1) is 19.6 Å². The highest BCUT2D eigenvalue weighted by Gasteiger charge is 2.37. The highest BCUT2D eigenvalue weighted by atomic mass is 127. The van der Waals surface area contributed by atoms with E-state index in [-0.39, 0.29) is 16.7 Å². The van der Waals surface area contributed by atoms with Crippen LogP contribution in [0.5, 0.6) is 0 Å². The number of nitrogens with one attached hydrogen (secondary N) is 1. The molecule has 1 aliphatic heterocycles. The average Bonchev–Trinajstić information content (AvgIpc) is 3.04. The first-order chi connectivity index (χ1) is 11.1. The summed E-state index contributed by atoms with van der Waals surface area (Å²) in [4.78, 5) is 10.5. The fourth-order valence-corrected chi connectivity index (χ4v) is 4.21. The van der Waals surface area contributed by atoms with Crippen LogP contribution in [0.3, 0.4) is 0 Å². The van der Waals surface area contributed by atoms with Crippen molar-refractivity contribution in [3.63, 3.8) is 0 Å². The number of rotatable bonds is 2. The minimum Gasteiger partial charge on any atom is -0.378 e. The van der Waals surface area contributed by atoms with Crippen LogP contribution in [0.25, 0.3) is 0 Å². The molecular formula is C18H15IN2O2. The van der Waals surface area contributed by atoms with Crippen molar-refractivity contribution in [1.29, 1.82) is 0 Å². The van der Waals surface area contributed by atoms with Crippen molar-refractivity contribution < 1.29 is 4.92 Å². The van der Waals surface area contributed by atoms with Gasteiger partial charge in [-0.3, -0.25) is 10.1 Å². The Morgan fingerprint density at radius 2 is 1.96 bits per heavy atom. The Morgan fingerprint density at radius 1 is 1.17 bits per heavy atom. The number of halogens is 1. The van der Waals surface area contributed by atoms with Gasteiger partial charge >= 0.3 is 0 Å². The standard InChI is InChI=1S/C18H15IN2O2/c19-12-6-9-17-16(10-12)14-2-1-3-15(14)18(20-17)11-4-7-13(8-5-11)21(22)23/h1-2,4-10,14-15,18,20H,3H2/t14-,15+,18+/m1/s1. The van der Waals surface area contributed by atoms with Gasteiger partial charge in [-0.1, -0.05) is 24.3 Å². The molecule has 1 aliphatic carbocycles. The van der Waals surface area contributed by atoms with Gasteiger partial charge in [0.25, 0.3) is 5.69 Å². The quantitative estimate of drug-likeness (QED) is 0.322. The summed E-state index contributed by atoms with van der Waals surface area (Å²) in [6.45, 7) is 0. The zero-order chi connectivity index (χ0) is 16.0. The molecular weight excluding hydrogens is 403 g/mol. The second kappa shape index (κ2) is 5.63. The summed E-state index contributed by atoms with van der Waals surface area (Å²) in [5.41, 5.74) is 3.77. The SMILES string of the molecule is O=[N+]([O-])c1ccc([C@@H]2Nc3ccc(I)cc3[C@@H]3C=CC[C@@H]32)cc1. The van der Waals surface area contributed by atoms with Crippen LogP contribution in [0.2, 0.25) is 0 Å². The lowest BCUT2D eigenvalue weighted by molar-refractivity contribution is -0.384. The lowest BCUT2D eigenvalue weighted by atomic mass is 9.77. The molecule has 4 nitrogen and oxygen atoms in total. The molecule has 2 aliphatic rings. The highest BCUT2D eigenvalue weighted by molar-refractivity contribution is 14.1. The third-order valence-electron chi connectivity index (χ3n) is 4.79. The first-order valence-electron chi connectivity index (χ1n) is 7.60. The fourth-order valence-electron chi connectivity index (χ4n) is 3.70. The second-order valence-corrected chi connectivity index (χ2v) is 7.30. The Labute approximate surface area is 147 Å². The third kappa shape index (κ3) is 2.52. The number of hydrogen-bond acceptors (Lipinski definition) is 3. The molecule has 2 aromatic rings. The van der Waals surface area contributed by atoms with Crippen molar-refractivity contribution in [3.05, 3.63) is 79.4 Å². The Morgan fingerprint density at radius 3 is 2.70 bits per heavy atom. The molecule has 23 heavy (non-hydrogen) atoms. The number of anilines is 1.